The quantitative estimate of drug-likeness (QED) is 0.727. The molecule has 4 heteroatoms. The van der Waals surface area contributed by atoms with Gasteiger partial charge in [-0.2, -0.15) is 5.10 Å². The zero-order valence-corrected chi connectivity index (χ0v) is 10.6. The molecule has 1 aromatic heterocycles. The van der Waals surface area contributed by atoms with E-state index in [0.717, 1.165) is 24.3 Å². The fourth-order valence-electron chi connectivity index (χ4n) is 1.56. The van der Waals surface area contributed by atoms with E-state index in [9.17, 15) is 0 Å². The fourth-order valence-corrected chi connectivity index (χ4v) is 1.67. The number of hydrogen-bond donors (Lipinski definition) is 0. The molecular formula is C11H19ClN2O. The van der Waals surface area contributed by atoms with Crippen LogP contribution < -0.4 is 4.74 Å². The molecule has 86 valence electrons. The molecule has 1 unspecified atom stereocenters. The summed E-state index contributed by atoms with van der Waals surface area (Å²) in [5.74, 6) is 0.862. The van der Waals surface area contributed by atoms with Crippen molar-refractivity contribution in [3.8, 4) is 5.75 Å². The van der Waals surface area contributed by atoms with Gasteiger partial charge >= 0.3 is 0 Å². The number of nitrogens with zero attached hydrogens (tertiary/aromatic N) is 2. The van der Waals surface area contributed by atoms with Crippen molar-refractivity contribution in [2.45, 2.75) is 45.0 Å². The highest BCUT2D eigenvalue weighted by Crippen LogP contribution is 2.23. The van der Waals surface area contributed by atoms with E-state index in [-0.39, 0.29) is 5.38 Å². The Morgan fingerprint density at radius 3 is 2.60 bits per heavy atom. The van der Waals surface area contributed by atoms with Crippen LogP contribution in [0.25, 0.3) is 0 Å². The molecular weight excluding hydrogens is 212 g/mol. The minimum absolute atomic E-state index is 0.185. The third-order valence-corrected chi connectivity index (χ3v) is 2.57. The number of aromatic nitrogens is 2. The zero-order valence-electron chi connectivity index (χ0n) is 9.83. The van der Waals surface area contributed by atoms with Crippen molar-refractivity contribution in [3.05, 3.63) is 11.9 Å². The molecule has 0 spiro atoms. The first-order chi connectivity index (χ1) is 7.06. The molecule has 1 heterocycles. The monoisotopic (exact) mass is 230 g/mol. The highest BCUT2D eigenvalue weighted by atomic mass is 35.5. The van der Waals surface area contributed by atoms with Crippen LogP contribution in [0.5, 0.6) is 5.75 Å². The number of hydrogen-bond acceptors (Lipinski definition) is 2. The van der Waals surface area contributed by atoms with Crippen molar-refractivity contribution in [2.24, 2.45) is 0 Å². The predicted octanol–water partition coefficient (Wildman–Crippen LogP) is 3.03. The first-order valence-corrected chi connectivity index (χ1v) is 5.74. The summed E-state index contributed by atoms with van der Waals surface area (Å²) >= 11 is 5.95. The predicted molar refractivity (Wildman–Crippen MR) is 62.8 cm³/mol. The molecule has 0 aliphatic rings. The Morgan fingerprint density at radius 1 is 1.47 bits per heavy atom. The number of alkyl halides is 1. The molecule has 1 aromatic rings. The van der Waals surface area contributed by atoms with Gasteiger partial charge in [0.2, 0.25) is 0 Å². The molecule has 0 amide bonds. The summed E-state index contributed by atoms with van der Waals surface area (Å²) in [6.07, 6.45) is 3.62. The van der Waals surface area contributed by atoms with Crippen molar-refractivity contribution in [1.29, 1.82) is 0 Å². The Labute approximate surface area is 96.4 Å². The van der Waals surface area contributed by atoms with E-state index in [0.29, 0.717) is 6.04 Å². The molecule has 0 aliphatic carbocycles. The van der Waals surface area contributed by atoms with Crippen LogP contribution in [0.15, 0.2) is 6.20 Å². The number of ether oxygens (including phenoxy) is 1. The van der Waals surface area contributed by atoms with Crippen LogP contribution in [-0.2, 0) is 6.42 Å². The average molecular weight is 231 g/mol. The average Bonchev–Trinajstić information content (AvgIpc) is 2.57. The minimum Gasteiger partial charge on any atom is -0.493 e. The summed E-state index contributed by atoms with van der Waals surface area (Å²) in [5, 5.41) is 4.50. The van der Waals surface area contributed by atoms with Gasteiger partial charge in [-0.05, 0) is 33.6 Å². The smallest absolute Gasteiger partial charge is 0.159 e. The molecule has 0 saturated carbocycles. The molecule has 0 radical (unpaired) electrons. The van der Waals surface area contributed by atoms with Gasteiger partial charge in [-0.3, -0.25) is 4.68 Å². The van der Waals surface area contributed by atoms with Gasteiger partial charge in [0.05, 0.1) is 19.0 Å². The molecule has 1 atom stereocenters. The molecule has 3 nitrogen and oxygen atoms in total. The van der Waals surface area contributed by atoms with Crippen LogP contribution in [-0.4, -0.2) is 22.3 Å². The normalized spacial score (nSPS) is 13.2. The second-order valence-corrected chi connectivity index (χ2v) is 4.76. The lowest BCUT2D eigenvalue weighted by atomic mass is 10.2. The summed E-state index contributed by atoms with van der Waals surface area (Å²) < 4.78 is 7.28. The van der Waals surface area contributed by atoms with Crippen LogP contribution in [0.4, 0.5) is 0 Å². The Morgan fingerprint density at radius 2 is 2.13 bits per heavy atom. The van der Waals surface area contributed by atoms with Gasteiger partial charge in [0.25, 0.3) is 0 Å². The van der Waals surface area contributed by atoms with Gasteiger partial charge in [-0.15, -0.1) is 11.6 Å². The van der Waals surface area contributed by atoms with Crippen molar-refractivity contribution in [2.75, 3.05) is 7.11 Å². The van der Waals surface area contributed by atoms with E-state index < -0.39 is 0 Å². The Kier molecular flexibility index (Phi) is 4.45. The number of rotatable bonds is 5. The van der Waals surface area contributed by atoms with E-state index in [1.165, 1.54) is 0 Å². The molecule has 1 rings (SSSR count). The second kappa shape index (κ2) is 5.40. The molecule has 0 bridgehead atoms. The molecule has 0 aromatic carbocycles. The van der Waals surface area contributed by atoms with Crippen LogP contribution in [0.2, 0.25) is 0 Å². The highest BCUT2D eigenvalue weighted by molar-refractivity contribution is 6.20. The maximum absolute atomic E-state index is 5.95. The number of methoxy groups -OCH3 is 1. The summed E-state index contributed by atoms with van der Waals surface area (Å²) in [4.78, 5) is 0. The first kappa shape index (κ1) is 12.4. The van der Waals surface area contributed by atoms with Crippen molar-refractivity contribution >= 4 is 11.6 Å². The molecule has 0 aliphatic heterocycles. The van der Waals surface area contributed by atoms with Crippen molar-refractivity contribution in [3.63, 3.8) is 0 Å². The van der Waals surface area contributed by atoms with Gasteiger partial charge in [-0.1, -0.05) is 0 Å². The maximum Gasteiger partial charge on any atom is 0.159 e. The standard InChI is InChI=1S/C11H19ClN2O/c1-8(2)14-10(6-5-9(3)12)11(15-4)7-13-14/h7-9H,5-6H2,1-4H3. The second-order valence-electron chi connectivity index (χ2n) is 4.02. The van der Waals surface area contributed by atoms with E-state index in [4.69, 9.17) is 16.3 Å². The summed E-state index contributed by atoms with van der Waals surface area (Å²) in [6, 6.07) is 0.356. The van der Waals surface area contributed by atoms with E-state index in [2.05, 4.69) is 18.9 Å². The van der Waals surface area contributed by atoms with Crippen LogP contribution in [0.3, 0.4) is 0 Å². The highest BCUT2D eigenvalue weighted by Gasteiger charge is 2.13. The van der Waals surface area contributed by atoms with Gasteiger partial charge in [-0.25, -0.2) is 0 Å². The minimum atomic E-state index is 0.185. The molecule has 15 heavy (non-hydrogen) atoms. The van der Waals surface area contributed by atoms with Gasteiger partial charge in [0.15, 0.2) is 5.75 Å². The topological polar surface area (TPSA) is 27.1 Å². The van der Waals surface area contributed by atoms with E-state index in [1.54, 1.807) is 13.3 Å². The summed E-state index contributed by atoms with van der Waals surface area (Å²) in [6.45, 7) is 6.23. The maximum atomic E-state index is 5.95. The summed E-state index contributed by atoms with van der Waals surface area (Å²) in [7, 11) is 1.68. The van der Waals surface area contributed by atoms with Crippen LogP contribution in [0.1, 0.15) is 38.9 Å². The zero-order chi connectivity index (χ0) is 11.4. The van der Waals surface area contributed by atoms with Gasteiger partial charge in [0, 0.05) is 11.4 Å². The Balaban J connectivity index is 2.85. The first-order valence-electron chi connectivity index (χ1n) is 5.30. The lowest BCUT2D eigenvalue weighted by Crippen LogP contribution is -2.09. The SMILES string of the molecule is COc1cnn(C(C)C)c1CCC(C)Cl. The molecule has 0 saturated heterocycles. The molecule has 0 fully saturated rings. The van der Waals surface area contributed by atoms with Gasteiger partial charge < -0.3 is 4.74 Å². The third-order valence-electron chi connectivity index (χ3n) is 2.35. The Hall–Kier alpha value is -0.700. The third kappa shape index (κ3) is 3.13. The van der Waals surface area contributed by atoms with E-state index >= 15 is 0 Å². The van der Waals surface area contributed by atoms with Crippen LogP contribution >= 0.6 is 11.6 Å². The lowest BCUT2D eigenvalue weighted by molar-refractivity contribution is 0.403. The van der Waals surface area contributed by atoms with E-state index in [1.807, 2.05) is 11.6 Å². The molecule has 0 N–H and O–H groups in total. The lowest BCUT2D eigenvalue weighted by Gasteiger charge is -2.12. The largest absolute Gasteiger partial charge is 0.493 e. The fraction of sp³-hybridized carbons (Fsp3) is 0.727. The van der Waals surface area contributed by atoms with Crippen LogP contribution in [0, 0.1) is 0 Å². The van der Waals surface area contributed by atoms with Crippen molar-refractivity contribution < 1.29 is 4.74 Å². The number of halogens is 1. The Bertz CT molecular complexity index is 308. The van der Waals surface area contributed by atoms with Gasteiger partial charge in [0.1, 0.15) is 0 Å². The summed E-state index contributed by atoms with van der Waals surface area (Å²) in [5.41, 5.74) is 1.14. The van der Waals surface area contributed by atoms with Crippen molar-refractivity contribution in [1.82, 2.24) is 9.78 Å².